The highest BCUT2D eigenvalue weighted by Crippen LogP contribution is 2.13. The van der Waals surface area contributed by atoms with Gasteiger partial charge in [-0.05, 0) is 36.4 Å². The summed E-state index contributed by atoms with van der Waals surface area (Å²) in [6.07, 6.45) is 0. The minimum atomic E-state index is 0.480. The molecule has 0 amide bonds. The molecule has 0 unspecified atom stereocenters. The standard InChI is InChI=1S/C13H9N3O/c17-16-9-5-7-12-13(8-6-9)15-11-4-2-1-3-10(11)14-12/h1-8,17H. The van der Waals surface area contributed by atoms with Crippen LogP contribution in [0.25, 0.3) is 22.1 Å². The maximum atomic E-state index is 8.73. The first-order chi connectivity index (χ1) is 8.36. The van der Waals surface area contributed by atoms with Crippen LogP contribution in [0.4, 0.5) is 0 Å². The first-order valence-corrected chi connectivity index (χ1v) is 5.22. The molecule has 0 radical (unpaired) electrons. The highest BCUT2D eigenvalue weighted by molar-refractivity contribution is 5.85. The Kier molecular flexibility index (Phi) is 2.19. The second kappa shape index (κ2) is 3.83. The van der Waals surface area contributed by atoms with Crippen LogP contribution in [0.15, 0.2) is 53.7 Å². The van der Waals surface area contributed by atoms with E-state index < -0.39 is 0 Å². The average Bonchev–Trinajstić information content (AvgIpc) is 2.58. The van der Waals surface area contributed by atoms with Crippen molar-refractivity contribution < 1.29 is 5.21 Å². The number of nitrogens with zero attached hydrogens (tertiary/aromatic N) is 3. The number of fused-ring (bicyclic) bond motifs is 2. The fourth-order valence-corrected chi connectivity index (χ4v) is 1.72. The van der Waals surface area contributed by atoms with E-state index in [-0.39, 0.29) is 0 Å². The number of hydrogen-bond acceptors (Lipinski definition) is 4. The van der Waals surface area contributed by atoms with E-state index in [1.54, 1.807) is 24.3 Å². The molecule has 1 heterocycles. The van der Waals surface area contributed by atoms with Gasteiger partial charge in [-0.15, -0.1) is 0 Å². The van der Waals surface area contributed by atoms with Crippen molar-refractivity contribution in [3.63, 3.8) is 0 Å². The minimum Gasteiger partial charge on any atom is -0.410 e. The molecule has 17 heavy (non-hydrogen) atoms. The Hall–Kier alpha value is -2.49. The van der Waals surface area contributed by atoms with Gasteiger partial charge in [-0.1, -0.05) is 17.3 Å². The van der Waals surface area contributed by atoms with E-state index >= 15 is 0 Å². The van der Waals surface area contributed by atoms with E-state index in [1.165, 1.54) is 0 Å². The molecule has 0 saturated carbocycles. The predicted octanol–water partition coefficient (Wildman–Crippen LogP) is 2.07. The van der Waals surface area contributed by atoms with Crippen molar-refractivity contribution in [2.75, 3.05) is 0 Å². The van der Waals surface area contributed by atoms with E-state index in [9.17, 15) is 0 Å². The van der Waals surface area contributed by atoms with Crippen LogP contribution < -0.4 is 5.36 Å². The Morgan fingerprint density at radius 2 is 1.18 bits per heavy atom. The van der Waals surface area contributed by atoms with Gasteiger partial charge in [0.05, 0.1) is 22.1 Å². The maximum Gasteiger partial charge on any atom is 0.102 e. The predicted molar refractivity (Wildman–Crippen MR) is 64.4 cm³/mol. The molecular formula is C13H9N3O. The molecule has 1 aromatic heterocycles. The lowest BCUT2D eigenvalue weighted by Gasteiger charge is -1.96. The lowest BCUT2D eigenvalue weighted by Crippen LogP contribution is -1.93. The second-order valence-corrected chi connectivity index (χ2v) is 3.67. The normalized spacial score (nSPS) is 10.6. The van der Waals surface area contributed by atoms with Gasteiger partial charge in [0.15, 0.2) is 0 Å². The van der Waals surface area contributed by atoms with Crippen molar-refractivity contribution in [1.82, 2.24) is 9.97 Å². The number of hydrogen-bond donors (Lipinski definition) is 1. The SMILES string of the molecule is ON=c1ccc2nc3ccccc3nc2cc1. The summed E-state index contributed by atoms with van der Waals surface area (Å²) in [6, 6.07) is 14.7. The Morgan fingerprint density at radius 3 is 1.65 bits per heavy atom. The summed E-state index contributed by atoms with van der Waals surface area (Å²) < 4.78 is 0. The van der Waals surface area contributed by atoms with Gasteiger partial charge in [-0.3, -0.25) is 0 Å². The van der Waals surface area contributed by atoms with Crippen LogP contribution in [0.1, 0.15) is 0 Å². The lowest BCUT2D eigenvalue weighted by molar-refractivity contribution is 0.302. The van der Waals surface area contributed by atoms with Gasteiger partial charge in [0.25, 0.3) is 0 Å². The largest absolute Gasteiger partial charge is 0.410 e. The molecule has 3 rings (SSSR count). The van der Waals surface area contributed by atoms with E-state index in [2.05, 4.69) is 15.1 Å². The summed E-state index contributed by atoms with van der Waals surface area (Å²) in [5.41, 5.74) is 3.26. The van der Waals surface area contributed by atoms with E-state index in [1.807, 2.05) is 24.3 Å². The molecule has 0 saturated heterocycles. The third-order valence-electron chi connectivity index (χ3n) is 2.57. The number of rotatable bonds is 0. The highest BCUT2D eigenvalue weighted by Gasteiger charge is 1.98. The number of benzene rings is 1. The third kappa shape index (κ3) is 1.69. The molecule has 1 N–H and O–H groups in total. The molecule has 4 nitrogen and oxygen atoms in total. The van der Waals surface area contributed by atoms with Crippen LogP contribution in [0.5, 0.6) is 0 Å². The summed E-state index contributed by atoms with van der Waals surface area (Å²) in [7, 11) is 0. The first kappa shape index (κ1) is 9.72. The zero-order valence-electron chi connectivity index (χ0n) is 8.91. The maximum absolute atomic E-state index is 8.73. The molecule has 0 bridgehead atoms. The molecule has 82 valence electrons. The van der Waals surface area contributed by atoms with Crippen LogP contribution in [-0.2, 0) is 0 Å². The number of para-hydroxylation sites is 2. The molecule has 0 atom stereocenters. The zero-order chi connectivity index (χ0) is 11.7. The van der Waals surface area contributed by atoms with Crippen molar-refractivity contribution in [3.8, 4) is 0 Å². The van der Waals surface area contributed by atoms with Gasteiger partial charge in [0, 0.05) is 0 Å². The Bertz CT molecular complexity index is 708. The summed E-state index contributed by atoms with van der Waals surface area (Å²) in [6.45, 7) is 0. The Balaban J connectivity index is 2.46. The van der Waals surface area contributed by atoms with E-state index in [4.69, 9.17) is 5.21 Å². The molecular weight excluding hydrogens is 214 g/mol. The van der Waals surface area contributed by atoms with Gasteiger partial charge < -0.3 is 5.21 Å². The fraction of sp³-hybridized carbons (Fsp3) is 0. The molecule has 0 spiro atoms. The lowest BCUT2D eigenvalue weighted by atomic mass is 10.3. The van der Waals surface area contributed by atoms with Crippen LogP contribution in [0.2, 0.25) is 0 Å². The van der Waals surface area contributed by atoms with Crippen molar-refractivity contribution >= 4 is 22.1 Å². The van der Waals surface area contributed by atoms with Crippen molar-refractivity contribution in [2.24, 2.45) is 5.16 Å². The summed E-state index contributed by atoms with van der Waals surface area (Å²) in [5, 5.41) is 12.4. The van der Waals surface area contributed by atoms with Gasteiger partial charge in [-0.2, -0.15) is 0 Å². The Labute approximate surface area is 96.9 Å². The first-order valence-electron chi connectivity index (χ1n) is 5.22. The topological polar surface area (TPSA) is 58.4 Å². The molecule has 0 aliphatic heterocycles. The second-order valence-electron chi connectivity index (χ2n) is 3.67. The summed E-state index contributed by atoms with van der Waals surface area (Å²) >= 11 is 0. The summed E-state index contributed by atoms with van der Waals surface area (Å²) in [5.74, 6) is 0. The molecule has 4 heteroatoms. The minimum absolute atomic E-state index is 0.480. The van der Waals surface area contributed by atoms with Crippen LogP contribution in [0, 0.1) is 0 Å². The van der Waals surface area contributed by atoms with E-state index in [0.29, 0.717) is 5.36 Å². The highest BCUT2D eigenvalue weighted by atomic mass is 16.4. The molecule has 0 aliphatic carbocycles. The molecule has 0 aliphatic rings. The smallest absolute Gasteiger partial charge is 0.102 e. The quantitative estimate of drug-likeness (QED) is 0.469. The van der Waals surface area contributed by atoms with Gasteiger partial charge in [0.2, 0.25) is 0 Å². The Morgan fingerprint density at radius 1 is 0.706 bits per heavy atom. The molecule has 3 aromatic rings. The van der Waals surface area contributed by atoms with Gasteiger partial charge >= 0.3 is 0 Å². The fourth-order valence-electron chi connectivity index (χ4n) is 1.72. The molecule has 2 aromatic carbocycles. The van der Waals surface area contributed by atoms with E-state index in [0.717, 1.165) is 22.1 Å². The zero-order valence-corrected chi connectivity index (χ0v) is 8.91. The van der Waals surface area contributed by atoms with Gasteiger partial charge in [0.1, 0.15) is 5.36 Å². The molecule has 0 fully saturated rings. The number of aromatic nitrogens is 2. The van der Waals surface area contributed by atoms with Crippen LogP contribution in [-0.4, -0.2) is 15.2 Å². The summed E-state index contributed by atoms with van der Waals surface area (Å²) in [4.78, 5) is 9.01. The van der Waals surface area contributed by atoms with Crippen LogP contribution in [0.3, 0.4) is 0 Å². The van der Waals surface area contributed by atoms with Crippen molar-refractivity contribution in [3.05, 3.63) is 53.9 Å². The van der Waals surface area contributed by atoms with Crippen molar-refractivity contribution in [1.29, 1.82) is 0 Å². The van der Waals surface area contributed by atoms with Gasteiger partial charge in [-0.25, -0.2) is 9.97 Å². The third-order valence-corrected chi connectivity index (χ3v) is 2.57. The van der Waals surface area contributed by atoms with Crippen LogP contribution >= 0.6 is 0 Å². The average molecular weight is 223 g/mol. The monoisotopic (exact) mass is 223 g/mol. The van der Waals surface area contributed by atoms with Crippen molar-refractivity contribution in [2.45, 2.75) is 0 Å².